The molecule has 0 saturated carbocycles. The molecule has 2 heteroatoms. The first-order valence-electron chi connectivity index (χ1n) is 6.71. The van der Waals surface area contributed by atoms with E-state index in [1.807, 2.05) is 38.1 Å². The number of phenolic OH excluding ortho intramolecular Hbond substituents is 1. The molecule has 2 aromatic carbocycles. The molecule has 0 aromatic heterocycles. The van der Waals surface area contributed by atoms with Crippen molar-refractivity contribution in [1.82, 2.24) is 0 Å². The highest BCUT2D eigenvalue weighted by Crippen LogP contribution is 2.34. The van der Waals surface area contributed by atoms with Gasteiger partial charge in [-0.1, -0.05) is 51.1 Å². The second kappa shape index (κ2) is 7.47. The summed E-state index contributed by atoms with van der Waals surface area (Å²) >= 11 is 0. The summed E-state index contributed by atoms with van der Waals surface area (Å²) in [5.41, 5.74) is 3.16. The van der Waals surface area contributed by atoms with Gasteiger partial charge in [-0.3, -0.25) is 0 Å². The van der Waals surface area contributed by atoms with Gasteiger partial charge in [0.25, 0.3) is 0 Å². The monoisotopic (exact) mass is 258 g/mol. The summed E-state index contributed by atoms with van der Waals surface area (Å²) in [5.74, 6) is 1.16. The molecular formula is C17H22O2. The number of phenols is 1. The van der Waals surface area contributed by atoms with Crippen molar-refractivity contribution in [3.63, 3.8) is 0 Å². The number of rotatable bonds is 3. The molecule has 2 rings (SSSR count). The normalized spacial score (nSPS) is 9.47. The number of ether oxygens (including phenoxy) is 1. The summed E-state index contributed by atoms with van der Waals surface area (Å²) in [6, 6.07) is 13.3. The molecule has 102 valence electrons. The van der Waals surface area contributed by atoms with Gasteiger partial charge in [-0.05, 0) is 29.7 Å². The van der Waals surface area contributed by atoms with Crippen LogP contribution in [0.4, 0.5) is 0 Å². The predicted octanol–water partition coefficient (Wildman–Crippen LogP) is 4.66. The lowest BCUT2D eigenvalue weighted by molar-refractivity contribution is 0.412. The molecule has 0 bridgehead atoms. The minimum Gasteiger partial charge on any atom is -0.508 e. The quantitative estimate of drug-likeness (QED) is 0.867. The Bertz CT molecular complexity index is 518. The molecule has 0 radical (unpaired) electrons. The molecule has 0 heterocycles. The van der Waals surface area contributed by atoms with E-state index in [0.29, 0.717) is 0 Å². The van der Waals surface area contributed by atoms with Crippen LogP contribution in [0.2, 0.25) is 0 Å². The van der Waals surface area contributed by atoms with E-state index >= 15 is 0 Å². The summed E-state index contributed by atoms with van der Waals surface area (Å²) < 4.78 is 5.48. The molecule has 0 saturated heterocycles. The van der Waals surface area contributed by atoms with Crippen molar-refractivity contribution in [1.29, 1.82) is 0 Å². The van der Waals surface area contributed by atoms with Crippen molar-refractivity contribution >= 4 is 0 Å². The van der Waals surface area contributed by atoms with E-state index in [0.717, 1.165) is 23.3 Å². The van der Waals surface area contributed by atoms with E-state index in [-0.39, 0.29) is 5.75 Å². The Hall–Kier alpha value is -1.96. The standard InChI is InChI=1S/C15H16O2.C2H6/c1-3-11-6-5-9-14(15(11)17-2)12-7-4-8-13(16)10-12;1-2/h4-10,16H,3H2,1-2H3;1-2H3. The fourth-order valence-corrected chi connectivity index (χ4v) is 2.01. The second-order valence-corrected chi connectivity index (χ2v) is 3.90. The molecule has 1 N–H and O–H groups in total. The molecule has 19 heavy (non-hydrogen) atoms. The van der Waals surface area contributed by atoms with Crippen molar-refractivity contribution in [2.45, 2.75) is 27.2 Å². The Balaban J connectivity index is 0.000000861. The third-order valence-corrected chi connectivity index (χ3v) is 2.84. The summed E-state index contributed by atoms with van der Waals surface area (Å²) in [6.45, 7) is 6.10. The zero-order valence-electron chi connectivity index (χ0n) is 12.1. The Labute approximate surface area is 115 Å². The van der Waals surface area contributed by atoms with E-state index < -0.39 is 0 Å². The molecule has 0 amide bonds. The minimum atomic E-state index is 0.270. The average molecular weight is 258 g/mol. The number of methoxy groups -OCH3 is 1. The van der Waals surface area contributed by atoms with Crippen molar-refractivity contribution in [3.8, 4) is 22.6 Å². The van der Waals surface area contributed by atoms with Crippen molar-refractivity contribution in [3.05, 3.63) is 48.0 Å². The van der Waals surface area contributed by atoms with Crippen LogP contribution in [0.5, 0.6) is 11.5 Å². The van der Waals surface area contributed by atoms with Crippen molar-refractivity contribution in [2.75, 3.05) is 7.11 Å². The molecule has 0 atom stereocenters. The predicted molar refractivity (Wildman–Crippen MR) is 80.8 cm³/mol. The lowest BCUT2D eigenvalue weighted by atomic mass is 10.00. The van der Waals surface area contributed by atoms with Gasteiger partial charge in [0, 0.05) is 5.56 Å². The molecule has 0 aliphatic rings. The lowest BCUT2D eigenvalue weighted by Crippen LogP contribution is -1.93. The Morgan fingerprint density at radius 3 is 2.32 bits per heavy atom. The maximum absolute atomic E-state index is 9.52. The molecule has 0 fully saturated rings. The van der Waals surface area contributed by atoms with Crippen LogP contribution in [0.15, 0.2) is 42.5 Å². The van der Waals surface area contributed by atoms with Gasteiger partial charge in [-0.15, -0.1) is 0 Å². The topological polar surface area (TPSA) is 29.5 Å². The number of aromatic hydroxyl groups is 1. The zero-order valence-corrected chi connectivity index (χ0v) is 12.1. The minimum absolute atomic E-state index is 0.270. The fourth-order valence-electron chi connectivity index (χ4n) is 2.01. The lowest BCUT2D eigenvalue weighted by Gasteiger charge is -2.12. The van der Waals surface area contributed by atoms with Crippen LogP contribution in [0.1, 0.15) is 26.3 Å². The Morgan fingerprint density at radius 1 is 1.05 bits per heavy atom. The molecule has 0 aliphatic carbocycles. The molecule has 2 nitrogen and oxygen atoms in total. The smallest absolute Gasteiger partial charge is 0.129 e. The van der Waals surface area contributed by atoms with E-state index in [1.165, 1.54) is 5.56 Å². The summed E-state index contributed by atoms with van der Waals surface area (Å²) in [4.78, 5) is 0. The van der Waals surface area contributed by atoms with E-state index in [1.54, 1.807) is 19.2 Å². The van der Waals surface area contributed by atoms with Crippen LogP contribution in [0.3, 0.4) is 0 Å². The third-order valence-electron chi connectivity index (χ3n) is 2.84. The molecule has 0 unspecified atom stereocenters. The van der Waals surface area contributed by atoms with Crippen LogP contribution >= 0.6 is 0 Å². The van der Waals surface area contributed by atoms with Gasteiger partial charge < -0.3 is 9.84 Å². The van der Waals surface area contributed by atoms with Crippen LogP contribution in [-0.2, 0) is 6.42 Å². The molecular weight excluding hydrogens is 236 g/mol. The van der Waals surface area contributed by atoms with Gasteiger partial charge in [0.1, 0.15) is 11.5 Å². The second-order valence-electron chi connectivity index (χ2n) is 3.90. The highest BCUT2D eigenvalue weighted by atomic mass is 16.5. The third kappa shape index (κ3) is 3.50. The van der Waals surface area contributed by atoms with Gasteiger partial charge in [0.2, 0.25) is 0 Å². The number of para-hydroxylation sites is 1. The van der Waals surface area contributed by atoms with Gasteiger partial charge in [0.05, 0.1) is 7.11 Å². The highest BCUT2D eigenvalue weighted by molar-refractivity contribution is 5.73. The van der Waals surface area contributed by atoms with Crippen LogP contribution in [-0.4, -0.2) is 12.2 Å². The van der Waals surface area contributed by atoms with Crippen molar-refractivity contribution in [2.24, 2.45) is 0 Å². The van der Waals surface area contributed by atoms with Gasteiger partial charge >= 0.3 is 0 Å². The number of benzene rings is 2. The maximum atomic E-state index is 9.52. The first kappa shape index (κ1) is 15.1. The van der Waals surface area contributed by atoms with Gasteiger partial charge in [-0.25, -0.2) is 0 Å². The Morgan fingerprint density at radius 2 is 1.74 bits per heavy atom. The van der Waals surface area contributed by atoms with Gasteiger partial charge in [-0.2, -0.15) is 0 Å². The van der Waals surface area contributed by atoms with Crippen LogP contribution < -0.4 is 4.74 Å². The Kier molecular flexibility index (Phi) is 5.94. The van der Waals surface area contributed by atoms with E-state index in [4.69, 9.17) is 4.74 Å². The highest BCUT2D eigenvalue weighted by Gasteiger charge is 2.09. The van der Waals surface area contributed by atoms with Crippen LogP contribution in [0, 0.1) is 0 Å². The average Bonchev–Trinajstić information content (AvgIpc) is 2.48. The largest absolute Gasteiger partial charge is 0.508 e. The fraction of sp³-hybridized carbons (Fsp3) is 0.294. The maximum Gasteiger partial charge on any atom is 0.129 e. The SMILES string of the molecule is CC.CCc1cccc(-c2cccc(O)c2)c1OC. The number of hydrogen-bond donors (Lipinski definition) is 1. The summed E-state index contributed by atoms with van der Waals surface area (Å²) in [7, 11) is 1.68. The molecule has 0 spiro atoms. The van der Waals surface area contributed by atoms with Crippen molar-refractivity contribution < 1.29 is 9.84 Å². The number of aryl methyl sites for hydroxylation is 1. The number of hydrogen-bond acceptors (Lipinski definition) is 2. The van der Waals surface area contributed by atoms with E-state index in [2.05, 4.69) is 13.0 Å². The van der Waals surface area contributed by atoms with E-state index in [9.17, 15) is 5.11 Å². The zero-order chi connectivity index (χ0) is 14.3. The first-order valence-corrected chi connectivity index (χ1v) is 6.71. The molecule has 0 aliphatic heterocycles. The van der Waals surface area contributed by atoms with Gasteiger partial charge in [0.15, 0.2) is 0 Å². The molecule has 2 aromatic rings. The van der Waals surface area contributed by atoms with Crippen LogP contribution in [0.25, 0.3) is 11.1 Å². The first-order chi connectivity index (χ1) is 9.26. The summed E-state index contributed by atoms with van der Waals surface area (Å²) in [6.07, 6.45) is 0.926. The summed E-state index contributed by atoms with van der Waals surface area (Å²) in [5, 5.41) is 9.52.